The van der Waals surface area contributed by atoms with Gasteiger partial charge in [0.15, 0.2) is 5.25 Å². The summed E-state index contributed by atoms with van der Waals surface area (Å²) in [4.78, 5) is 23.5. The molecule has 7 nitrogen and oxygen atoms in total. The Bertz CT molecular complexity index is 543. The standard InChI is InChI=1S/C20H36O7S/c1-3-5-7-8-9-10-11-12-13-14-16-26-19(21)17-18(28(23,24)25)20(22)27-15-6-4-2/h4,18H,2-3,5-17H2,1H3,(H,23,24,25). The maximum absolute atomic E-state index is 11.8. The van der Waals surface area contributed by atoms with Crippen molar-refractivity contribution in [1.29, 1.82) is 0 Å². The van der Waals surface area contributed by atoms with Crippen molar-refractivity contribution >= 4 is 22.1 Å². The molecule has 0 aromatic carbocycles. The molecule has 0 spiro atoms. The predicted molar refractivity (Wildman–Crippen MR) is 109 cm³/mol. The number of hydrogen-bond donors (Lipinski definition) is 1. The number of carbonyl (C=O) groups is 2. The van der Waals surface area contributed by atoms with Crippen molar-refractivity contribution in [2.45, 2.75) is 89.2 Å². The third-order valence-electron chi connectivity index (χ3n) is 4.30. The number of ether oxygens (including phenoxy) is 2. The van der Waals surface area contributed by atoms with Crippen LogP contribution in [-0.2, 0) is 29.2 Å². The summed E-state index contributed by atoms with van der Waals surface area (Å²) in [6, 6.07) is 0. The first kappa shape index (κ1) is 26.6. The van der Waals surface area contributed by atoms with E-state index in [0.717, 1.165) is 19.3 Å². The van der Waals surface area contributed by atoms with Crippen LogP contribution in [0.15, 0.2) is 12.7 Å². The molecule has 28 heavy (non-hydrogen) atoms. The van der Waals surface area contributed by atoms with Crippen molar-refractivity contribution in [2.24, 2.45) is 0 Å². The van der Waals surface area contributed by atoms with Crippen molar-refractivity contribution in [3.05, 3.63) is 12.7 Å². The summed E-state index contributed by atoms with van der Waals surface area (Å²) >= 11 is 0. The van der Waals surface area contributed by atoms with E-state index in [1.54, 1.807) is 0 Å². The summed E-state index contributed by atoms with van der Waals surface area (Å²) < 4.78 is 41.5. The highest BCUT2D eigenvalue weighted by Crippen LogP contribution is 2.12. The lowest BCUT2D eigenvalue weighted by molar-refractivity contribution is -0.150. The molecule has 1 atom stereocenters. The zero-order valence-corrected chi connectivity index (χ0v) is 17.9. The highest BCUT2D eigenvalue weighted by molar-refractivity contribution is 7.87. The average Bonchev–Trinajstić information content (AvgIpc) is 2.63. The molecule has 0 amide bonds. The number of carbonyl (C=O) groups excluding carboxylic acids is 2. The maximum atomic E-state index is 11.8. The van der Waals surface area contributed by atoms with E-state index in [0.29, 0.717) is 12.8 Å². The van der Waals surface area contributed by atoms with Crippen LogP contribution in [-0.4, -0.2) is 43.4 Å². The van der Waals surface area contributed by atoms with E-state index >= 15 is 0 Å². The van der Waals surface area contributed by atoms with Gasteiger partial charge in [0.05, 0.1) is 19.6 Å². The first-order chi connectivity index (χ1) is 13.3. The molecule has 0 radical (unpaired) electrons. The lowest BCUT2D eigenvalue weighted by Gasteiger charge is -2.12. The SMILES string of the molecule is C=CCCOC(=O)C(CC(=O)OCCCCCCCCCCCC)S(=O)(=O)O. The van der Waals surface area contributed by atoms with Gasteiger partial charge in [0.1, 0.15) is 0 Å². The lowest BCUT2D eigenvalue weighted by atomic mass is 10.1. The van der Waals surface area contributed by atoms with Gasteiger partial charge in [0.2, 0.25) is 0 Å². The minimum absolute atomic E-state index is 0.0675. The molecule has 164 valence electrons. The van der Waals surface area contributed by atoms with Crippen molar-refractivity contribution < 1.29 is 32.0 Å². The topological polar surface area (TPSA) is 107 Å². The number of rotatable bonds is 18. The van der Waals surface area contributed by atoms with Crippen LogP contribution in [0.5, 0.6) is 0 Å². The van der Waals surface area contributed by atoms with Crippen LogP contribution in [0, 0.1) is 0 Å². The van der Waals surface area contributed by atoms with Crippen LogP contribution >= 0.6 is 0 Å². The second-order valence-electron chi connectivity index (χ2n) is 6.86. The molecule has 1 unspecified atom stereocenters. The van der Waals surface area contributed by atoms with Gasteiger partial charge in [0, 0.05) is 0 Å². The molecule has 0 fully saturated rings. The second-order valence-corrected chi connectivity index (χ2v) is 8.45. The molecule has 0 aliphatic rings. The highest BCUT2D eigenvalue weighted by atomic mass is 32.2. The van der Waals surface area contributed by atoms with Crippen LogP contribution in [0.4, 0.5) is 0 Å². The molecule has 0 heterocycles. The molecule has 0 saturated carbocycles. The van der Waals surface area contributed by atoms with E-state index in [9.17, 15) is 18.0 Å². The van der Waals surface area contributed by atoms with E-state index in [2.05, 4.69) is 13.5 Å². The van der Waals surface area contributed by atoms with Crippen molar-refractivity contribution in [1.82, 2.24) is 0 Å². The van der Waals surface area contributed by atoms with Crippen LogP contribution < -0.4 is 0 Å². The van der Waals surface area contributed by atoms with E-state index < -0.39 is 33.7 Å². The van der Waals surface area contributed by atoms with Crippen molar-refractivity contribution in [2.75, 3.05) is 13.2 Å². The molecule has 0 rings (SSSR count). The summed E-state index contributed by atoms with van der Waals surface area (Å²) in [5.74, 6) is -2.01. The van der Waals surface area contributed by atoms with Crippen molar-refractivity contribution in [3.8, 4) is 0 Å². The zero-order valence-electron chi connectivity index (χ0n) is 17.1. The number of unbranched alkanes of at least 4 members (excludes halogenated alkanes) is 9. The monoisotopic (exact) mass is 420 g/mol. The smallest absolute Gasteiger partial charge is 0.327 e. The molecule has 0 aromatic rings. The zero-order chi connectivity index (χ0) is 21.3. The molecule has 0 saturated heterocycles. The van der Waals surface area contributed by atoms with E-state index in [1.807, 2.05) is 0 Å². The Morgan fingerprint density at radius 3 is 1.96 bits per heavy atom. The Balaban J connectivity index is 3.94. The largest absolute Gasteiger partial charge is 0.466 e. The summed E-state index contributed by atoms with van der Waals surface area (Å²) in [6.45, 7) is 5.74. The summed E-state index contributed by atoms with van der Waals surface area (Å²) in [6.07, 6.45) is 12.5. The first-order valence-corrected chi connectivity index (χ1v) is 11.7. The summed E-state index contributed by atoms with van der Waals surface area (Å²) in [7, 11) is -4.75. The lowest BCUT2D eigenvalue weighted by Crippen LogP contribution is -2.34. The van der Waals surface area contributed by atoms with Gasteiger partial charge >= 0.3 is 11.9 Å². The van der Waals surface area contributed by atoms with Gasteiger partial charge in [-0.15, -0.1) is 6.58 Å². The molecular formula is C20H36O7S. The molecule has 0 aliphatic heterocycles. The predicted octanol–water partition coefficient (Wildman–Crippen LogP) is 4.22. The fourth-order valence-corrected chi connectivity index (χ4v) is 3.29. The Labute approximate surface area is 169 Å². The molecule has 0 aromatic heterocycles. The number of hydrogen-bond acceptors (Lipinski definition) is 6. The van der Waals surface area contributed by atoms with Crippen LogP contribution in [0.3, 0.4) is 0 Å². The van der Waals surface area contributed by atoms with Gasteiger partial charge in [-0.3, -0.25) is 14.1 Å². The molecule has 0 bridgehead atoms. The fourth-order valence-electron chi connectivity index (χ4n) is 2.63. The molecular weight excluding hydrogens is 384 g/mol. The minimum atomic E-state index is -4.75. The highest BCUT2D eigenvalue weighted by Gasteiger charge is 2.35. The third-order valence-corrected chi connectivity index (χ3v) is 5.38. The van der Waals surface area contributed by atoms with Gasteiger partial charge in [-0.1, -0.05) is 70.8 Å². The first-order valence-electron chi connectivity index (χ1n) is 10.2. The summed E-state index contributed by atoms with van der Waals surface area (Å²) in [5, 5.41) is -1.96. The average molecular weight is 421 g/mol. The fraction of sp³-hybridized carbons (Fsp3) is 0.800. The van der Waals surface area contributed by atoms with Crippen LogP contribution in [0.2, 0.25) is 0 Å². The second kappa shape index (κ2) is 16.5. The Morgan fingerprint density at radius 1 is 0.929 bits per heavy atom. The Kier molecular flexibility index (Phi) is 15.7. The van der Waals surface area contributed by atoms with Gasteiger partial charge in [-0.05, 0) is 12.8 Å². The molecule has 8 heteroatoms. The normalized spacial score (nSPS) is 12.4. The van der Waals surface area contributed by atoms with E-state index in [-0.39, 0.29) is 13.2 Å². The van der Waals surface area contributed by atoms with Crippen LogP contribution in [0.1, 0.15) is 84.0 Å². The maximum Gasteiger partial charge on any atom is 0.327 e. The van der Waals surface area contributed by atoms with Crippen molar-refractivity contribution in [3.63, 3.8) is 0 Å². The number of esters is 2. The van der Waals surface area contributed by atoms with Crippen LogP contribution in [0.25, 0.3) is 0 Å². The molecule has 1 N–H and O–H groups in total. The molecule has 0 aliphatic carbocycles. The Hall–Kier alpha value is -1.41. The minimum Gasteiger partial charge on any atom is -0.466 e. The third kappa shape index (κ3) is 14.6. The van der Waals surface area contributed by atoms with Gasteiger partial charge in [-0.2, -0.15) is 8.42 Å². The van der Waals surface area contributed by atoms with Gasteiger partial charge < -0.3 is 9.47 Å². The van der Waals surface area contributed by atoms with E-state index in [1.165, 1.54) is 44.6 Å². The van der Waals surface area contributed by atoms with Gasteiger partial charge in [0.25, 0.3) is 10.1 Å². The van der Waals surface area contributed by atoms with E-state index in [4.69, 9.17) is 14.0 Å². The van der Waals surface area contributed by atoms with Gasteiger partial charge in [-0.25, -0.2) is 0 Å². The summed E-state index contributed by atoms with van der Waals surface area (Å²) in [5.41, 5.74) is 0. The quantitative estimate of drug-likeness (QED) is 0.153. The Morgan fingerprint density at radius 2 is 1.46 bits per heavy atom.